The maximum atomic E-state index is 5.44. The monoisotopic (exact) mass is 214 g/mol. The van der Waals surface area contributed by atoms with Gasteiger partial charge in [-0.2, -0.15) is 0 Å². The van der Waals surface area contributed by atoms with E-state index in [1.54, 1.807) is 0 Å². The molecule has 15 heavy (non-hydrogen) atoms. The van der Waals surface area contributed by atoms with Gasteiger partial charge in [0.2, 0.25) is 0 Å². The molecule has 0 aromatic carbocycles. The number of hydrogen-bond acceptors (Lipinski definition) is 3. The molecule has 90 valence electrons. The fraction of sp³-hybridized carbons (Fsp3) is 1.00. The summed E-state index contributed by atoms with van der Waals surface area (Å²) in [4.78, 5) is 2.54. The normalized spacial score (nSPS) is 25.4. The first-order chi connectivity index (χ1) is 7.25. The predicted octanol–water partition coefficient (Wildman–Crippen LogP) is 1.49. The first-order valence-electron chi connectivity index (χ1n) is 6.30. The first kappa shape index (κ1) is 12.9. The van der Waals surface area contributed by atoms with E-state index in [9.17, 15) is 0 Å². The van der Waals surface area contributed by atoms with Crippen LogP contribution in [0, 0.1) is 0 Å². The number of ether oxygens (including phenoxy) is 1. The topological polar surface area (TPSA) is 24.5 Å². The molecule has 2 unspecified atom stereocenters. The van der Waals surface area contributed by atoms with Crippen LogP contribution < -0.4 is 5.32 Å². The van der Waals surface area contributed by atoms with Crippen LogP contribution in [-0.4, -0.2) is 49.8 Å². The molecule has 1 aliphatic heterocycles. The number of nitrogens with one attached hydrogen (secondary N) is 1. The van der Waals surface area contributed by atoms with Gasteiger partial charge in [0, 0.05) is 25.2 Å². The van der Waals surface area contributed by atoms with Crippen molar-refractivity contribution in [3.8, 4) is 0 Å². The molecule has 3 nitrogen and oxygen atoms in total. The third kappa shape index (κ3) is 4.49. The molecule has 1 N–H and O–H groups in total. The van der Waals surface area contributed by atoms with Gasteiger partial charge in [-0.05, 0) is 26.8 Å². The molecule has 0 saturated carbocycles. The number of morpholine rings is 1. The number of unbranched alkanes of at least 4 members (excludes halogenated alkanes) is 1. The Hall–Kier alpha value is -0.120. The van der Waals surface area contributed by atoms with E-state index in [2.05, 4.69) is 31.0 Å². The molecule has 0 amide bonds. The van der Waals surface area contributed by atoms with Crippen LogP contribution >= 0.6 is 0 Å². The van der Waals surface area contributed by atoms with Gasteiger partial charge in [0.25, 0.3) is 0 Å². The Kier molecular flexibility index (Phi) is 6.22. The van der Waals surface area contributed by atoms with Crippen molar-refractivity contribution in [2.24, 2.45) is 0 Å². The van der Waals surface area contributed by atoms with Gasteiger partial charge in [0.15, 0.2) is 0 Å². The van der Waals surface area contributed by atoms with Gasteiger partial charge in [-0.25, -0.2) is 0 Å². The van der Waals surface area contributed by atoms with Crippen molar-refractivity contribution in [3.05, 3.63) is 0 Å². The minimum Gasteiger partial charge on any atom is -0.379 e. The SMILES string of the molecule is CCCCNCC(C)N1CCOCC1C. The van der Waals surface area contributed by atoms with Gasteiger partial charge in [-0.3, -0.25) is 4.90 Å². The summed E-state index contributed by atoms with van der Waals surface area (Å²) in [6.07, 6.45) is 2.56. The van der Waals surface area contributed by atoms with Crippen molar-refractivity contribution < 1.29 is 4.74 Å². The molecular formula is C12H26N2O. The van der Waals surface area contributed by atoms with Crippen LogP contribution in [0.5, 0.6) is 0 Å². The summed E-state index contributed by atoms with van der Waals surface area (Å²) in [6.45, 7) is 11.9. The van der Waals surface area contributed by atoms with Crippen molar-refractivity contribution >= 4 is 0 Å². The minimum atomic E-state index is 0.571. The van der Waals surface area contributed by atoms with E-state index in [1.807, 2.05) is 0 Å². The Morgan fingerprint density at radius 1 is 1.53 bits per heavy atom. The molecule has 1 heterocycles. The maximum Gasteiger partial charge on any atom is 0.0619 e. The van der Waals surface area contributed by atoms with E-state index in [-0.39, 0.29) is 0 Å². The Labute approximate surface area is 94.2 Å². The fourth-order valence-electron chi connectivity index (χ4n) is 2.12. The Morgan fingerprint density at radius 2 is 2.33 bits per heavy atom. The van der Waals surface area contributed by atoms with E-state index in [0.717, 1.165) is 32.8 Å². The standard InChI is InChI=1S/C12H26N2O/c1-4-5-6-13-9-11(2)14-7-8-15-10-12(14)3/h11-13H,4-10H2,1-3H3. The van der Waals surface area contributed by atoms with Crippen LogP contribution in [0.15, 0.2) is 0 Å². The van der Waals surface area contributed by atoms with Crippen LogP contribution in [0.3, 0.4) is 0 Å². The zero-order chi connectivity index (χ0) is 11.1. The average molecular weight is 214 g/mol. The lowest BCUT2D eigenvalue weighted by Crippen LogP contribution is -2.51. The van der Waals surface area contributed by atoms with Gasteiger partial charge in [0.1, 0.15) is 0 Å². The molecular weight excluding hydrogens is 188 g/mol. The highest BCUT2D eigenvalue weighted by atomic mass is 16.5. The number of rotatable bonds is 6. The van der Waals surface area contributed by atoms with Crippen molar-refractivity contribution in [2.75, 3.05) is 32.8 Å². The summed E-state index contributed by atoms with van der Waals surface area (Å²) in [5.41, 5.74) is 0. The van der Waals surface area contributed by atoms with E-state index < -0.39 is 0 Å². The highest BCUT2D eigenvalue weighted by molar-refractivity contribution is 4.77. The maximum absolute atomic E-state index is 5.44. The van der Waals surface area contributed by atoms with E-state index in [1.165, 1.54) is 12.8 Å². The third-order valence-electron chi connectivity index (χ3n) is 3.13. The molecule has 0 radical (unpaired) electrons. The first-order valence-corrected chi connectivity index (χ1v) is 6.30. The zero-order valence-electron chi connectivity index (χ0n) is 10.5. The quantitative estimate of drug-likeness (QED) is 0.678. The Morgan fingerprint density at radius 3 is 3.00 bits per heavy atom. The predicted molar refractivity (Wildman–Crippen MR) is 64.2 cm³/mol. The van der Waals surface area contributed by atoms with Gasteiger partial charge in [-0.15, -0.1) is 0 Å². The van der Waals surface area contributed by atoms with Crippen LogP contribution in [0.2, 0.25) is 0 Å². The molecule has 0 aromatic rings. The third-order valence-corrected chi connectivity index (χ3v) is 3.13. The molecule has 2 atom stereocenters. The number of hydrogen-bond donors (Lipinski definition) is 1. The molecule has 0 spiro atoms. The molecule has 1 rings (SSSR count). The lowest BCUT2D eigenvalue weighted by molar-refractivity contribution is -0.0180. The van der Waals surface area contributed by atoms with Crippen LogP contribution in [-0.2, 0) is 4.74 Å². The smallest absolute Gasteiger partial charge is 0.0619 e. The summed E-state index contributed by atoms with van der Waals surface area (Å²) < 4.78 is 5.44. The van der Waals surface area contributed by atoms with Crippen LogP contribution in [0.4, 0.5) is 0 Å². The highest BCUT2D eigenvalue weighted by Gasteiger charge is 2.22. The van der Waals surface area contributed by atoms with Gasteiger partial charge in [-0.1, -0.05) is 13.3 Å². The van der Waals surface area contributed by atoms with E-state index >= 15 is 0 Å². The van der Waals surface area contributed by atoms with Crippen LogP contribution in [0.1, 0.15) is 33.6 Å². The second-order valence-electron chi connectivity index (χ2n) is 4.57. The zero-order valence-corrected chi connectivity index (χ0v) is 10.5. The number of nitrogens with zero attached hydrogens (tertiary/aromatic N) is 1. The van der Waals surface area contributed by atoms with Crippen molar-refractivity contribution in [2.45, 2.75) is 45.7 Å². The summed E-state index contributed by atoms with van der Waals surface area (Å²) in [6, 6.07) is 1.20. The van der Waals surface area contributed by atoms with Gasteiger partial charge in [0.05, 0.1) is 13.2 Å². The van der Waals surface area contributed by atoms with Gasteiger partial charge >= 0.3 is 0 Å². The van der Waals surface area contributed by atoms with E-state index in [4.69, 9.17) is 4.74 Å². The molecule has 0 bridgehead atoms. The second kappa shape index (κ2) is 7.20. The Balaban J connectivity index is 2.16. The fourth-order valence-corrected chi connectivity index (χ4v) is 2.12. The molecule has 1 aliphatic rings. The van der Waals surface area contributed by atoms with E-state index in [0.29, 0.717) is 12.1 Å². The van der Waals surface area contributed by atoms with Crippen LogP contribution in [0.25, 0.3) is 0 Å². The van der Waals surface area contributed by atoms with Crippen molar-refractivity contribution in [1.29, 1.82) is 0 Å². The summed E-state index contributed by atoms with van der Waals surface area (Å²) in [7, 11) is 0. The minimum absolute atomic E-state index is 0.571. The summed E-state index contributed by atoms with van der Waals surface area (Å²) >= 11 is 0. The Bertz CT molecular complexity index is 164. The summed E-state index contributed by atoms with van der Waals surface area (Å²) in [5.74, 6) is 0. The van der Waals surface area contributed by atoms with Crippen molar-refractivity contribution in [3.63, 3.8) is 0 Å². The second-order valence-corrected chi connectivity index (χ2v) is 4.57. The molecule has 0 aliphatic carbocycles. The molecule has 3 heteroatoms. The van der Waals surface area contributed by atoms with Crippen molar-refractivity contribution in [1.82, 2.24) is 10.2 Å². The largest absolute Gasteiger partial charge is 0.379 e. The molecule has 0 aromatic heterocycles. The van der Waals surface area contributed by atoms with Gasteiger partial charge < -0.3 is 10.1 Å². The molecule has 1 fully saturated rings. The summed E-state index contributed by atoms with van der Waals surface area (Å²) in [5, 5.41) is 3.52. The highest BCUT2D eigenvalue weighted by Crippen LogP contribution is 2.09. The molecule has 1 saturated heterocycles. The lowest BCUT2D eigenvalue weighted by Gasteiger charge is -2.38. The lowest BCUT2D eigenvalue weighted by atomic mass is 10.2. The average Bonchev–Trinajstić information content (AvgIpc) is 2.25.